The van der Waals surface area contributed by atoms with Crippen LogP contribution in [0.2, 0.25) is 0 Å². The molecular formula is C10H12FNO2. The van der Waals surface area contributed by atoms with Gasteiger partial charge in [-0.1, -0.05) is 6.07 Å². The van der Waals surface area contributed by atoms with Gasteiger partial charge in [-0.2, -0.15) is 0 Å². The monoisotopic (exact) mass is 197 g/mol. The molecule has 3 nitrogen and oxygen atoms in total. The van der Waals surface area contributed by atoms with E-state index in [1.807, 2.05) is 0 Å². The van der Waals surface area contributed by atoms with Crippen molar-refractivity contribution in [3.63, 3.8) is 0 Å². The fourth-order valence-corrected chi connectivity index (χ4v) is 1.51. The molecule has 0 bridgehead atoms. The van der Waals surface area contributed by atoms with Crippen molar-refractivity contribution in [2.24, 2.45) is 5.73 Å². The van der Waals surface area contributed by atoms with Crippen molar-refractivity contribution in [2.45, 2.75) is 6.42 Å². The van der Waals surface area contributed by atoms with E-state index >= 15 is 0 Å². The van der Waals surface area contributed by atoms with Crippen molar-refractivity contribution in [3.8, 4) is 11.5 Å². The number of hydrogen-bond acceptors (Lipinski definition) is 3. The maximum absolute atomic E-state index is 13.3. The fourth-order valence-electron chi connectivity index (χ4n) is 1.51. The molecule has 0 saturated heterocycles. The highest BCUT2D eigenvalue weighted by Gasteiger charge is 2.19. The minimum atomic E-state index is -0.375. The molecule has 76 valence electrons. The Morgan fingerprint density at radius 1 is 1.21 bits per heavy atom. The molecule has 0 unspecified atom stereocenters. The number of benzene rings is 1. The van der Waals surface area contributed by atoms with E-state index in [0.717, 1.165) is 5.56 Å². The summed E-state index contributed by atoms with van der Waals surface area (Å²) in [5.41, 5.74) is 6.35. The summed E-state index contributed by atoms with van der Waals surface area (Å²) < 4.78 is 23.8. The van der Waals surface area contributed by atoms with Crippen LogP contribution in [0, 0.1) is 5.82 Å². The molecule has 1 aliphatic heterocycles. The molecule has 0 aliphatic carbocycles. The van der Waals surface area contributed by atoms with Gasteiger partial charge in [0.25, 0.3) is 0 Å². The average Bonchev–Trinajstić information content (AvgIpc) is 2.23. The van der Waals surface area contributed by atoms with E-state index in [-0.39, 0.29) is 11.6 Å². The smallest absolute Gasteiger partial charge is 0.197 e. The summed E-state index contributed by atoms with van der Waals surface area (Å²) in [5, 5.41) is 0. The van der Waals surface area contributed by atoms with Gasteiger partial charge in [0.15, 0.2) is 17.3 Å². The predicted octanol–water partition coefficient (Wildman–Crippen LogP) is 1.10. The van der Waals surface area contributed by atoms with E-state index in [1.165, 1.54) is 6.07 Å². The van der Waals surface area contributed by atoms with Crippen molar-refractivity contribution in [2.75, 3.05) is 19.8 Å². The van der Waals surface area contributed by atoms with E-state index in [1.54, 1.807) is 6.07 Å². The first-order valence-electron chi connectivity index (χ1n) is 4.60. The predicted molar refractivity (Wildman–Crippen MR) is 50.1 cm³/mol. The fraction of sp³-hybridized carbons (Fsp3) is 0.400. The van der Waals surface area contributed by atoms with E-state index in [9.17, 15) is 4.39 Å². The largest absolute Gasteiger partial charge is 0.486 e. The normalized spacial score (nSPS) is 14.1. The maximum Gasteiger partial charge on any atom is 0.197 e. The lowest BCUT2D eigenvalue weighted by molar-refractivity contribution is 0.163. The van der Waals surface area contributed by atoms with Crippen LogP contribution in [0.5, 0.6) is 11.5 Å². The lowest BCUT2D eigenvalue weighted by Gasteiger charge is -2.21. The standard InChI is InChI=1S/C10H12FNO2/c11-8-2-1-7(3-4-12)9-10(8)14-6-5-13-9/h1-2H,3-6,12H2. The van der Waals surface area contributed by atoms with Crippen LogP contribution in [-0.2, 0) is 6.42 Å². The van der Waals surface area contributed by atoms with Gasteiger partial charge in [-0.3, -0.25) is 0 Å². The molecule has 1 aromatic rings. The number of hydrogen-bond donors (Lipinski definition) is 1. The minimum Gasteiger partial charge on any atom is -0.486 e. The van der Waals surface area contributed by atoms with Crippen LogP contribution >= 0.6 is 0 Å². The summed E-state index contributed by atoms with van der Waals surface area (Å²) in [6, 6.07) is 3.08. The van der Waals surface area contributed by atoms with Gasteiger partial charge in [0.1, 0.15) is 13.2 Å². The van der Waals surface area contributed by atoms with E-state index in [0.29, 0.717) is 31.9 Å². The molecule has 1 aliphatic rings. The molecule has 0 spiro atoms. The second kappa shape index (κ2) is 3.84. The van der Waals surface area contributed by atoms with Gasteiger partial charge in [-0.15, -0.1) is 0 Å². The van der Waals surface area contributed by atoms with E-state index < -0.39 is 0 Å². The number of ether oxygens (including phenoxy) is 2. The molecule has 0 saturated carbocycles. The molecule has 0 aromatic heterocycles. The summed E-state index contributed by atoms with van der Waals surface area (Å²) in [5.74, 6) is 0.365. The number of fused-ring (bicyclic) bond motifs is 1. The second-order valence-electron chi connectivity index (χ2n) is 3.10. The van der Waals surface area contributed by atoms with Crippen molar-refractivity contribution in [1.29, 1.82) is 0 Å². The Morgan fingerprint density at radius 2 is 1.93 bits per heavy atom. The topological polar surface area (TPSA) is 44.5 Å². The average molecular weight is 197 g/mol. The SMILES string of the molecule is NCCc1ccc(F)c2c1OCCO2. The molecule has 0 fully saturated rings. The summed E-state index contributed by atoms with van der Waals surface area (Å²) in [6.07, 6.45) is 0.673. The lowest BCUT2D eigenvalue weighted by atomic mass is 10.1. The third-order valence-corrected chi connectivity index (χ3v) is 2.14. The van der Waals surface area contributed by atoms with Crippen LogP contribution in [-0.4, -0.2) is 19.8 Å². The molecule has 0 radical (unpaired) electrons. The van der Waals surface area contributed by atoms with E-state index in [4.69, 9.17) is 15.2 Å². The van der Waals surface area contributed by atoms with Crippen LogP contribution < -0.4 is 15.2 Å². The highest BCUT2D eigenvalue weighted by molar-refractivity contribution is 5.48. The van der Waals surface area contributed by atoms with Crippen LogP contribution in [0.1, 0.15) is 5.56 Å². The highest BCUT2D eigenvalue weighted by atomic mass is 19.1. The zero-order valence-corrected chi connectivity index (χ0v) is 7.75. The summed E-state index contributed by atoms with van der Waals surface area (Å²) in [4.78, 5) is 0. The van der Waals surface area contributed by atoms with Gasteiger partial charge < -0.3 is 15.2 Å². The Labute approximate surface area is 81.6 Å². The Kier molecular flexibility index (Phi) is 2.54. The minimum absolute atomic E-state index is 0.224. The first-order valence-corrected chi connectivity index (χ1v) is 4.60. The summed E-state index contributed by atoms with van der Waals surface area (Å²) in [7, 11) is 0. The van der Waals surface area contributed by atoms with Gasteiger partial charge in [0.05, 0.1) is 0 Å². The third-order valence-electron chi connectivity index (χ3n) is 2.14. The van der Waals surface area contributed by atoms with Crippen molar-refractivity contribution < 1.29 is 13.9 Å². The molecule has 0 amide bonds. The second-order valence-corrected chi connectivity index (χ2v) is 3.10. The van der Waals surface area contributed by atoms with Crippen molar-refractivity contribution in [3.05, 3.63) is 23.5 Å². The Morgan fingerprint density at radius 3 is 2.64 bits per heavy atom. The van der Waals surface area contributed by atoms with Gasteiger partial charge in [-0.25, -0.2) is 4.39 Å². The van der Waals surface area contributed by atoms with Gasteiger partial charge in [0, 0.05) is 0 Å². The summed E-state index contributed by atoms with van der Waals surface area (Å²) in [6.45, 7) is 1.38. The van der Waals surface area contributed by atoms with Crippen LogP contribution in [0.3, 0.4) is 0 Å². The molecule has 1 aromatic carbocycles. The van der Waals surface area contributed by atoms with Crippen molar-refractivity contribution >= 4 is 0 Å². The zero-order chi connectivity index (χ0) is 9.97. The molecule has 14 heavy (non-hydrogen) atoms. The third kappa shape index (κ3) is 1.53. The molecule has 4 heteroatoms. The van der Waals surface area contributed by atoms with Crippen LogP contribution in [0.25, 0.3) is 0 Å². The lowest BCUT2D eigenvalue weighted by Crippen LogP contribution is -2.18. The van der Waals surface area contributed by atoms with Crippen molar-refractivity contribution in [1.82, 2.24) is 0 Å². The zero-order valence-electron chi connectivity index (χ0n) is 7.75. The van der Waals surface area contributed by atoms with Gasteiger partial charge in [-0.05, 0) is 24.6 Å². The highest BCUT2D eigenvalue weighted by Crippen LogP contribution is 2.36. The Balaban J connectivity index is 2.42. The number of nitrogens with two attached hydrogens (primary N) is 1. The van der Waals surface area contributed by atoms with Gasteiger partial charge in [0.2, 0.25) is 0 Å². The first kappa shape index (κ1) is 9.27. The summed E-state index contributed by atoms with van der Waals surface area (Å²) >= 11 is 0. The maximum atomic E-state index is 13.3. The van der Waals surface area contributed by atoms with Crippen LogP contribution in [0.4, 0.5) is 4.39 Å². The van der Waals surface area contributed by atoms with Gasteiger partial charge >= 0.3 is 0 Å². The molecule has 2 N–H and O–H groups in total. The quantitative estimate of drug-likeness (QED) is 0.772. The number of halogens is 1. The molecule has 2 rings (SSSR count). The Hall–Kier alpha value is -1.29. The molecule has 1 heterocycles. The van der Waals surface area contributed by atoms with E-state index in [2.05, 4.69) is 0 Å². The Bertz CT molecular complexity index is 341. The molecular weight excluding hydrogens is 185 g/mol. The number of rotatable bonds is 2. The molecule has 0 atom stereocenters. The first-order chi connectivity index (χ1) is 6.83. The van der Waals surface area contributed by atoms with Crippen LogP contribution in [0.15, 0.2) is 12.1 Å².